The Bertz CT molecular complexity index is 1440. The Kier molecular flexibility index (Phi) is 8.84. The average molecular weight is 576 g/mol. The Morgan fingerprint density at radius 3 is 2.69 bits per heavy atom. The molecule has 0 radical (unpaired) electrons. The number of aryl methyl sites for hydroxylation is 1. The fourth-order valence-electron chi connectivity index (χ4n) is 5.25. The molecule has 2 aromatic heterocycles. The quantitative estimate of drug-likeness (QED) is 0.434. The Morgan fingerprint density at radius 1 is 1.19 bits per heavy atom. The first-order valence-corrected chi connectivity index (χ1v) is 14.6. The smallest absolute Gasteiger partial charge is 0.268 e. The zero-order valence-corrected chi connectivity index (χ0v) is 25.3. The van der Waals surface area contributed by atoms with Crippen LogP contribution in [0.2, 0.25) is 0 Å². The zero-order valence-electron chi connectivity index (χ0n) is 25.3. The molecule has 3 heterocycles. The third kappa shape index (κ3) is 6.44. The number of methoxy groups -OCH3 is 1. The number of amides is 1. The Morgan fingerprint density at radius 2 is 1.98 bits per heavy atom. The van der Waals surface area contributed by atoms with Gasteiger partial charge in [0.25, 0.3) is 5.91 Å². The molecule has 0 aromatic carbocycles. The molecule has 1 amide bonds. The number of aromatic nitrogens is 3. The van der Waals surface area contributed by atoms with Crippen molar-refractivity contribution in [2.24, 2.45) is 12.5 Å². The molecule has 1 atom stereocenters. The summed E-state index contributed by atoms with van der Waals surface area (Å²) < 4.78 is 25.5. The van der Waals surface area contributed by atoms with Gasteiger partial charge >= 0.3 is 0 Å². The molecule has 1 aliphatic heterocycles. The minimum atomic E-state index is -0.505. The first-order chi connectivity index (χ1) is 20.2. The molecule has 0 bridgehead atoms. The third-order valence-corrected chi connectivity index (χ3v) is 7.44. The van der Waals surface area contributed by atoms with Crippen LogP contribution in [0.3, 0.4) is 0 Å². The van der Waals surface area contributed by atoms with Crippen LogP contribution in [-0.4, -0.2) is 59.6 Å². The lowest BCUT2D eigenvalue weighted by atomic mass is 9.84. The molecule has 0 saturated carbocycles. The molecule has 3 aliphatic rings. The van der Waals surface area contributed by atoms with Crippen LogP contribution in [0.4, 0.5) is 5.95 Å². The Labute approximate surface area is 247 Å². The van der Waals surface area contributed by atoms with Crippen LogP contribution in [0, 0.1) is 5.41 Å². The highest BCUT2D eigenvalue weighted by Gasteiger charge is 2.31. The topological polar surface area (TPSA) is 109 Å². The average Bonchev–Trinajstić information content (AvgIpc) is 3.56. The molecule has 2 N–H and O–H groups in total. The van der Waals surface area contributed by atoms with E-state index in [9.17, 15) is 4.79 Å². The minimum Gasteiger partial charge on any atom is -0.497 e. The summed E-state index contributed by atoms with van der Waals surface area (Å²) in [6.45, 7) is 10.3. The van der Waals surface area contributed by atoms with E-state index in [2.05, 4.69) is 60.4 Å². The highest BCUT2D eigenvalue weighted by Crippen LogP contribution is 2.35. The van der Waals surface area contributed by atoms with Gasteiger partial charge in [0, 0.05) is 31.4 Å². The molecule has 10 nitrogen and oxygen atoms in total. The molecule has 10 heteroatoms. The molecule has 1 fully saturated rings. The van der Waals surface area contributed by atoms with Gasteiger partial charge in [0.2, 0.25) is 11.8 Å². The first-order valence-electron chi connectivity index (χ1n) is 14.6. The Balaban J connectivity index is 1.39. The van der Waals surface area contributed by atoms with Crippen LogP contribution in [0.1, 0.15) is 62.3 Å². The molecular formula is C32H41N5O5. The number of fused-ring (bicyclic) bond motifs is 1. The fourth-order valence-corrected chi connectivity index (χ4v) is 5.25. The number of hydrogen-bond acceptors (Lipinski definition) is 8. The van der Waals surface area contributed by atoms with Crippen molar-refractivity contribution in [1.29, 1.82) is 0 Å². The summed E-state index contributed by atoms with van der Waals surface area (Å²) in [4.78, 5) is 22.5. The molecule has 224 valence electrons. The summed E-state index contributed by atoms with van der Waals surface area (Å²) in [5, 5.41) is 6.38. The molecule has 1 saturated heterocycles. The van der Waals surface area contributed by atoms with Crippen molar-refractivity contribution >= 4 is 17.6 Å². The van der Waals surface area contributed by atoms with Gasteiger partial charge in [0.1, 0.15) is 17.2 Å². The SMILES string of the molecule is CCCNc1nccc(OC2=CCCc3cc(C(=O)NC4C=C(OC)C(C5OCCO5)=CC(C(C)(C)C)=C4)n(C)c32)n1. The fraction of sp³-hybridized carbons (Fsp3) is 0.469. The maximum Gasteiger partial charge on any atom is 0.268 e. The number of carbonyl (C=O) groups excluding carboxylic acids is 1. The molecule has 2 aliphatic carbocycles. The van der Waals surface area contributed by atoms with E-state index < -0.39 is 12.3 Å². The second kappa shape index (κ2) is 12.5. The van der Waals surface area contributed by atoms with E-state index >= 15 is 0 Å². The van der Waals surface area contributed by atoms with Crippen molar-refractivity contribution in [1.82, 2.24) is 19.9 Å². The number of nitrogens with zero attached hydrogens (tertiary/aromatic N) is 3. The van der Waals surface area contributed by atoms with Crippen LogP contribution in [-0.2, 0) is 27.7 Å². The van der Waals surface area contributed by atoms with E-state index in [4.69, 9.17) is 18.9 Å². The van der Waals surface area contributed by atoms with Gasteiger partial charge in [-0.15, -0.1) is 0 Å². The normalized spacial score (nSPS) is 19.1. The molecule has 0 spiro atoms. The van der Waals surface area contributed by atoms with Crippen LogP contribution in [0.5, 0.6) is 5.88 Å². The van der Waals surface area contributed by atoms with Crippen LogP contribution < -0.4 is 15.4 Å². The van der Waals surface area contributed by atoms with E-state index in [0.29, 0.717) is 42.3 Å². The summed E-state index contributed by atoms with van der Waals surface area (Å²) >= 11 is 0. The number of anilines is 1. The van der Waals surface area contributed by atoms with Crippen molar-refractivity contribution in [2.45, 2.75) is 59.3 Å². The van der Waals surface area contributed by atoms with Gasteiger partial charge in [-0.05, 0) is 60.1 Å². The van der Waals surface area contributed by atoms with Gasteiger partial charge in [-0.3, -0.25) is 4.79 Å². The minimum absolute atomic E-state index is 0.183. The zero-order chi connectivity index (χ0) is 29.9. The van der Waals surface area contributed by atoms with Crippen LogP contribution >= 0.6 is 0 Å². The van der Waals surface area contributed by atoms with E-state index in [1.165, 1.54) is 0 Å². The van der Waals surface area contributed by atoms with Gasteiger partial charge in [-0.25, -0.2) is 4.98 Å². The first kappa shape index (κ1) is 29.6. The summed E-state index contributed by atoms with van der Waals surface area (Å²) in [6.07, 6.45) is 11.8. The highest BCUT2D eigenvalue weighted by molar-refractivity contribution is 5.94. The second-order valence-electron chi connectivity index (χ2n) is 11.6. The van der Waals surface area contributed by atoms with Gasteiger partial charge in [-0.2, -0.15) is 4.98 Å². The Hall–Kier alpha value is -3.89. The number of rotatable bonds is 9. The van der Waals surface area contributed by atoms with Crippen LogP contribution in [0.15, 0.2) is 59.5 Å². The lowest BCUT2D eigenvalue weighted by molar-refractivity contribution is -0.0137. The summed E-state index contributed by atoms with van der Waals surface area (Å²) in [6, 6.07) is 3.27. The van der Waals surface area contributed by atoms with E-state index in [-0.39, 0.29) is 11.3 Å². The summed E-state index contributed by atoms with van der Waals surface area (Å²) in [7, 11) is 3.51. The number of nitrogens with one attached hydrogen (secondary N) is 2. The maximum atomic E-state index is 13.8. The molecule has 42 heavy (non-hydrogen) atoms. The van der Waals surface area contributed by atoms with Gasteiger partial charge in [0.15, 0.2) is 6.29 Å². The standard InChI is InChI=1S/C32H41N5O5/c1-7-12-33-31-34-13-11-27(36-31)42-25-10-8-9-20-16-24(37(5)28(20)25)29(38)35-22-17-21(32(2,3)4)18-23(26(19-22)39-6)30-40-14-15-41-30/h10-11,13,16-19,22,30H,7-9,12,14-15H2,1-6H3,(H,35,38)(H,33,34,36). The van der Waals surface area contributed by atoms with E-state index in [1.54, 1.807) is 19.4 Å². The van der Waals surface area contributed by atoms with Gasteiger partial charge in [-0.1, -0.05) is 33.8 Å². The lowest BCUT2D eigenvalue weighted by Crippen LogP contribution is -2.34. The highest BCUT2D eigenvalue weighted by atomic mass is 16.7. The third-order valence-electron chi connectivity index (χ3n) is 7.44. The maximum absolute atomic E-state index is 13.8. The van der Waals surface area contributed by atoms with E-state index in [1.807, 2.05) is 29.8 Å². The molecule has 5 rings (SSSR count). The van der Waals surface area contributed by atoms with Gasteiger partial charge < -0.3 is 34.1 Å². The van der Waals surface area contributed by atoms with Crippen molar-refractivity contribution in [3.63, 3.8) is 0 Å². The largest absolute Gasteiger partial charge is 0.497 e. The number of hydrogen-bond donors (Lipinski definition) is 2. The second-order valence-corrected chi connectivity index (χ2v) is 11.6. The molecular weight excluding hydrogens is 534 g/mol. The predicted octanol–water partition coefficient (Wildman–Crippen LogP) is 4.92. The monoisotopic (exact) mass is 575 g/mol. The number of carbonyl (C=O) groups is 1. The van der Waals surface area contributed by atoms with Crippen molar-refractivity contribution in [3.05, 3.63) is 76.5 Å². The van der Waals surface area contributed by atoms with Gasteiger partial charge in [0.05, 0.1) is 32.1 Å². The van der Waals surface area contributed by atoms with Crippen LogP contribution in [0.25, 0.3) is 5.76 Å². The molecule has 2 aromatic rings. The van der Waals surface area contributed by atoms with Crippen molar-refractivity contribution < 1.29 is 23.7 Å². The predicted molar refractivity (Wildman–Crippen MR) is 161 cm³/mol. The lowest BCUT2D eigenvalue weighted by Gasteiger charge is -2.23. The van der Waals surface area contributed by atoms with Crippen molar-refractivity contribution in [2.75, 3.05) is 32.2 Å². The summed E-state index contributed by atoms with van der Waals surface area (Å²) in [5.74, 6) is 2.07. The number of ether oxygens (including phenoxy) is 4. The molecule has 1 unspecified atom stereocenters. The summed E-state index contributed by atoms with van der Waals surface area (Å²) in [5.41, 5.74) is 4.14. The van der Waals surface area contributed by atoms with Crippen molar-refractivity contribution in [3.8, 4) is 5.88 Å². The number of allylic oxidation sites excluding steroid dienone is 3. The van der Waals surface area contributed by atoms with E-state index in [0.717, 1.165) is 48.2 Å².